The third-order valence-electron chi connectivity index (χ3n) is 2.19. The molecule has 0 unspecified atom stereocenters. The van der Waals surface area contributed by atoms with Gasteiger partial charge in [-0.1, -0.05) is 6.07 Å². The molecule has 0 atom stereocenters. The fourth-order valence-electron chi connectivity index (χ4n) is 1.33. The highest BCUT2D eigenvalue weighted by molar-refractivity contribution is 7.89. The van der Waals surface area contributed by atoms with Crippen molar-refractivity contribution >= 4 is 33.0 Å². The van der Waals surface area contributed by atoms with E-state index in [0.717, 1.165) is 0 Å². The number of primary sulfonamides is 1. The van der Waals surface area contributed by atoms with E-state index in [1.165, 1.54) is 35.6 Å². The molecule has 0 spiro atoms. The molecular formula is C11H10N2O3S2. The molecule has 0 aliphatic rings. The zero-order valence-electron chi connectivity index (χ0n) is 9.16. The maximum atomic E-state index is 11.7. The van der Waals surface area contributed by atoms with Gasteiger partial charge in [0.25, 0.3) is 5.91 Å². The number of anilines is 1. The number of carbonyl (C=O) groups excluding carboxylic acids is 1. The summed E-state index contributed by atoms with van der Waals surface area (Å²) in [7, 11) is -3.70. The van der Waals surface area contributed by atoms with Crippen molar-refractivity contribution in [1.82, 2.24) is 0 Å². The van der Waals surface area contributed by atoms with Gasteiger partial charge in [-0.2, -0.15) is 0 Å². The van der Waals surface area contributed by atoms with Gasteiger partial charge in [0.1, 0.15) is 0 Å². The molecule has 0 saturated carbocycles. The smallest absolute Gasteiger partial charge is 0.265 e. The molecule has 1 aromatic carbocycles. The molecule has 2 aromatic rings. The first kappa shape index (κ1) is 12.7. The summed E-state index contributed by atoms with van der Waals surface area (Å²) in [5.74, 6) is -0.228. The number of amides is 1. The molecule has 1 heterocycles. The van der Waals surface area contributed by atoms with E-state index in [4.69, 9.17) is 5.14 Å². The molecule has 0 bridgehead atoms. The summed E-state index contributed by atoms with van der Waals surface area (Å²) >= 11 is 1.33. The molecule has 3 N–H and O–H groups in total. The molecular weight excluding hydrogens is 272 g/mol. The van der Waals surface area contributed by atoms with E-state index in [2.05, 4.69) is 5.32 Å². The third kappa shape index (κ3) is 2.95. The van der Waals surface area contributed by atoms with Gasteiger partial charge in [-0.3, -0.25) is 4.79 Å². The number of hydrogen-bond donors (Lipinski definition) is 2. The van der Waals surface area contributed by atoms with Crippen LogP contribution in [0.4, 0.5) is 5.69 Å². The van der Waals surface area contributed by atoms with Crippen molar-refractivity contribution in [1.29, 1.82) is 0 Å². The number of rotatable bonds is 3. The van der Waals surface area contributed by atoms with E-state index >= 15 is 0 Å². The Balaban J connectivity index is 2.14. The minimum Gasteiger partial charge on any atom is -0.321 e. The molecule has 0 aliphatic heterocycles. The average molecular weight is 282 g/mol. The molecule has 0 radical (unpaired) electrons. The van der Waals surface area contributed by atoms with Gasteiger partial charge in [0, 0.05) is 5.69 Å². The summed E-state index contributed by atoms with van der Waals surface area (Å²) in [6.45, 7) is 0. The highest BCUT2D eigenvalue weighted by atomic mass is 32.2. The lowest BCUT2D eigenvalue weighted by Crippen LogP contribution is -2.13. The lowest BCUT2D eigenvalue weighted by atomic mass is 10.3. The van der Waals surface area contributed by atoms with Gasteiger partial charge in [-0.15, -0.1) is 11.3 Å². The average Bonchev–Trinajstić information content (AvgIpc) is 2.82. The summed E-state index contributed by atoms with van der Waals surface area (Å²) in [5.41, 5.74) is 0.515. The summed E-state index contributed by atoms with van der Waals surface area (Å²) in [4.78, 5) is 12.3. The van der Waals surface area contributed by atoms with Crippen molar-refractivity contribution in [2.75, 3.05) is 5.32 Å². The van der Waals surface area contributed by atoms with Gasteiger partial charge in [-0.25, -0.2) is 13.6 Å². The van der Waals surface area contributed by atoms with Crippen molar-refractivity contribution in [2.24, 2.45) is 5.14 Å². The first-order chi connectivity index (χ1) is 8.47. The maximum Gasteiger partial charge on any atom is 0.265 e. The van der Waals surface area contributed by atoms with Crippen LogP contribution >= 0.6 is 11.3 Å². The first-order valence-electron chi connectivity index (χ1n) is 4.94. The van der Waals surface area contributed by atoms with Crippen molar-refractivity contribution < 1.29 is 13.2 Å². The van der Waals surface area contributed by atoms with Gasteiger partial charge in [-0.05, 0) is 35.7 Å². The third-order valence-corrected chi connectivity index (χ3v) is 3.98. The van der Waals surface area contributed by atoms with Crippen molar-refractivity contribution in [2.45, 2.75) is 4.90 Å². The molecule has 5 nitrogen and oxygen atoms in total. The molecule has 1 aromatic heterocycles. The minimum atomic E-state index is -3.70. The van der Waals surface area contributed by atoms with Gasteiger partial charge >= 0.3 is 0 Å². The second kappa shape index (κ2) is 4.89. The Hall–Kier alpha value is -1.70. The van der Waals surface area contributed by atoms with Gasteiger partial charge in [0.2, 0.25) is 10.0 Å². The summed E-state index contributed by atoms with van der Waals surface area (Å²) in [5, 5.41) is 9.44. The van der Waals surface area contributed by atoms with E-state index in [0.29, 0.717) is 10.6 Å². The van der Waals surface area contributed by atoms with Crippen molar-refractivity contribution in [3.05, 3.63) is 46.7 Å². The van der Waals surface area contributed by atoms with E-state index in [1.807, 2.05) is 0 Å². The minimum absolute atomic E-state index is 0.0108. The number of nitrogens with one attached hydrogen (secondary N) is 1. The lowest BCUT2D eigenvalue weighted by molar-refractivity contribution is 0.103. The van der Waals surface area contributed by atoms with Crippen LogP contribution in [0.15, 0.2) is 46.7 Å². The lowest BCUT2D eigenvalue weighted by Gasteiger charge is -2.04. The van der Waals surface area contributed by atoms with E-state index in [9.17, 15) is 13.2 Å². The van der Waals surface area contributed by atoms with Crippen LogP contribution < -0.4 is 10.5 Å². The molecule has 0 fully saturated rings. The van der Waals surface area contributed by atoms with Crippen LogP contribution in [0.25, 0.3) is 0 Å². The van der Waals surface area contributed by atoms with Crippen LogP contribution in [0.3, 0.4) is 0 Å². The van der Waals surface area contributed by atoms with Crippen LogP contribution in [0.5, 0.6) is 0 Å². The van der Waals surface area contributed by atoms with Crippen LogP contribution in [0, 0.1) is 0 Å². The Morgan fingerprint density at radius 2 is 1.83 bits per heavy atom. The maximum absolute atomic E-state index is 11.7. The van der Waals surface area contributed by atoms with Crippen molar-refractivity contribution in [3.8, 4) is 0 Å². The Bertz CT molecular complexity index is 646. The summed E-state index contributed by atoms with van der Waals surface area (Å²) < 4.78 is 22.1. The second-order valence-electron chi connectivity index (χ2n) is 3.50. The molecule has 7 heteroatoms. The monoisotopic (exact) mass is 282 g/mol. The van der Waals surface area contributed by atoms with Gasteiger partial charge in [0.05, 0.1) is 9.77 Å². The van der Waals surface area contributed by atoms with Crippen molar-refractivity contribution in [3.63, 3.8) is 0 Å². The highest BCUT2D eigenvalue weighted by Gasteiger charge is 2.09. The predicted octanol–water partition coefficient (Wildman–Crippen LogP) is 1.65. The standard InChI is InChI=1S/C11H10N2O3S2/c12-18(15,16)9-5-3-8(4-6-9)13-11(14)10-2-1-7-17-10/h1-7H,(H,13,14)(H2,12,15,16). The predicted molar refractivity (Wildman–Crippen MR) is 70.1 cm³/mol. The fourth-order valence-corrected chi connectivity index (χ4v) is 2.46. The highest BCUT2D eigenvalue weighted by Crippen LogP contribution is 2.15. The first-order valence-corrected chi connectivity index (χ1v) is 7.37. The molecule has 94 valence electrons. The number of carbonyl (C=O) groups is 1. The number of thiophene rings is 1. The SMILES string of the molecule is NS(=O)(=O)c1ccc(NC(=O)c2cccs2)cc1. The molecule has 18 heavy (non-hydrogen) atoms. The molecule has 0 saturated heterocycles. The molecule has 1 amide bonds. The van der Waals surface area contributed by atoms with Gasteiger partial charge in [0.15, 0.2) is 0 Å². The number of hydrogen-bond acceptors (Lipinski definition) is 4. The Labute approximate surface area is 108 Å². The molecule has 0 aliphatic carbocycles. The van der Waals surface area contributed by atoms with E-state index in [1.54, 1.807) is 17.5 Å². The number of sulfonamides is 1. The van der Waals surface area contributed by atoms with Crippen LogP contribution in [-0.4, -0.2) is 14.3 Å². The topological polar surface area (TPSA) is 89.3 Å². The fraction of sp³-hybridized carbons (Fsp3) is 0. The number of benzene rings is 1. The van der Waals surface area contributed by atoms with E-state index < -0.39 is 10.0 Å². The van der Waals surface area contributed by atoms with Crippen LogP contribution in [0.2, 0.25) is 0 Å². The summed E-state index contributed by atoms with van der Waals surface area (Å²) in [6, 6.07) is 9.16. The molecule has 2 rings (SSSR count). The Kier molecular flexibility index (Phi) is 3.46. The van der Waals surface area contributed by atoms with Crippen LogP contribution in [0.1, 0.15) is 9.67 Å². The number of nitrogens with two attached hydrogens (primary N) is 1. The van der Waals surface area contributed by atoms with Gasteiger partial charge < -0.3 is 5.32 Å². The zero-order chi connectivity index (χ0) is 13.2. The second-order valence-corrected chi connectivity index (χ2v) is 6.01. The van der Waals surface area contributed by atoms with Crippen LogP contribution in [-0.2, 0) is 10.0 Å². The zero-order valence-corrected chi connectivity index (χ0v) is 10.8. The largest absolute Gasteiger partial charge is 0.321 e. The Morgan fingerprint density at radius 1 is 1.17 bits per heavy atom. The summed E-state index contributed by atoms with van der Waals surface area (Å²) in [6.07, 6.45) is 0. The normalized spacial score (nSPS) is 11.2. The quantitative estimate of drug-likeness (QED) is 0.897. The van der Waals surface area contributed by atoms with E-state index in [-0.39, 0.29) is 10.8 Å². The Morgan fingerprint density at radius 3 is 2.33 bits per heavy atom.